The maximum Gasteiger partial charge on any atom is 0.530 e. The van der Waals surface area contributed by atoms with E-state index >= 15 is 0 Å². The van der Waals surface area contributed by atoms with Gasteiger partial charge >= 0.3 is 6.16 Å². The molecule has 0 saturated carbocycles. The highest BCUT2D eigenvalue weighted by Crippen LogP contribution is 2.16. The predicted octanol–water partition coefficient (Wildman–Crippen LogP) is 2.07. The van der Waals surface area contributed by atoms with Gasteiger partial charge in [0.25, 0.3) is 0 Å². The summed E-state index contributed by atoms with van der Waals surface area (Å²) in [5.41, 5.74) is -0.647. The maximum absolute atomic E-state index is 11.2. The van der Waals surface area contributed by atoms with Crippen molar-refractivity contribution in [2.24, 2.45) is 0 Å². The fourth-order valence-electron chi connectivity index (χ4n) is 1.30. The third kappa shape index (κ3) is 4.78. The number of hydroxylamine groups is 2. The number of ether oxygens (including phenoxy) is 2. The van der Waals surface area contributed by atoms with Gasteiger partial charge < -0.3 is 14.3 Å². The van der Waals surface area contributed by atoms with Crippen molar-refractivity contribution in [1.29, 1.82) is 0 Å². The molecule has 0 aliphatic carbocycles. The highest BCUT2D eigenvalue weighted by Gasteiger charge is 2.26. The van der Waals surface area contributed by atoms with Crippen LogP contribution in [0.3, 0.4) is 0 Å². The van der Waals surface area contributed by atoms with Crippen molar-refractivity contribution in [1.82, 2.24) is 5.23 Å². The molecule has 1 saturated heterocycles. The highest BCUT2D eigenvalue weighted by molar-refractivity contribution is 5.59. The summed E-state index contributed by atoms with van der Waals surface area (Å²) in [7, 11) is 0. The fraction of sp³-hybridized carbons (Fsp3) is 0.900. The van der Waals surface area contributed by atoms with E-state index in [0.29, 0.717) is 18.3 Å². The maximum atomic E-state index is 11.2. The van der Waals surface area contributed by atoms with Gasteiger partial charge in [-0.2, -0.15) is 0 Å². The van der Waals surface area contributed by atoms with Crippen LogP contribution in [0.1, 0.15) is 40.0 Å². The minimum atomic E-state index is -0.941. The van der Waals surface area contributed by atoms with E-state index in [1.165, 1.54) is 0 Å². The molecule has 0 amide bonds. The van der Waals surface area contributed by atoms with E-state index < -0.39 is 18.0 Å². The van der Waals surface area contributed by atoms with Gasteiger partial charge in [0.05, 0.1) is 0 Å². The fourth-order valence-corrected chi connectivity index (χ4v) is 1.30. The normalized spacial score (nSPS) is 21.9. The standard InChI is InChI=1S/C10H19NO5/c1-10(2,3)15-9(12)16-11(13)8-6-4-5-7-14-8/h8,13H,4-7H2,1-3H3. The molecule has 0 radical (unpaired) electrons. The molecule has 1 aliphatic heterocycles. The highest BCUT2D eigenvalue weighted by atomic mass is 17.0. The van der Waals surface area contributed by atoms with Crippen LogP contribution in [-0.2, 0) is 14.3 Å². The van der Waals surface area contributed by atoms with Crippen molar-refractivity contribution in [3.8, 4) is 0 Å². The molecule has 1 unspecified atom stereocenters. The lowest BCUT2D eigenvalue weighted by atomic mass is 10.2. The number of nitrogens with zero attached hydrogens (tertiary/aromatic N) is 1. The zero-order valence-electron chi connectivity index (χ0n) is 9.93. The van der Waals surface area contributed by atoms with Crippen LogP contribution in [-0.4, -0.2) is 35.0 Å². The molecule has 1 fully saturated rings. The first-order chi connectivity index (χ1) is 7.38. The zero-order valence-corrected chi connectivity index (χ0v) is 9.93. The summed E-state index contributed by atoms with van der Waals surface area (Å²) in [5, 5.41) is 9.85. The Kier molecular flexibility index (Phi) is 4.52. The number of carbonyl (C=O) groups excluding carboxylic acids is 1. The molecule has 1 rings (SSSR count). The van der Waals surface area contributed by atoms with Gasteiger partial charge in [-0.25, -0.2) is 4.79 Å². The molecule has 94 valence electrons. The number of hydrogen-bond donors (Lipinski definition) is 1. The molecule has 6 nitrogen and oxygen atoms in total. The van der Waals surface area contributed by atoms with E-state index in [4.69, 9.17) is 9.47 Å². The molecule has 1 N–H and O–H groups in total. The molecule has 1 aliphatic rings. The molecule has 1 atom stereocenters. The molecular weight excluding hydrogens is 214 g/mol. The number of carbonyl (C=O) groups is 1. The van der Waals surface area contributed by atoms with Gasteiger partial charge in [0, 0.05) is 11.8 Å². The van der Waals surface area contributed by atoms with Crippen molar-refractivity contribution in [3.63, 3.8) is 0 Å². The summed E-state index contributed by atoms with van der Waals surface area (Å²) in [6.07, 6.45) is 0.973. The molecule has 0 aromatic carbocycles. The second-order valence-corrected chi connectivity index (χ2v) is 4.68. The summed E-state index contributed by atoms with van der Waals surface area (Å²) >= 11 is 0. The Morgan fingerprint density at radius 1 is 1.44 bits per heavy atom. The van der Waals surface area contributed by atoms with Crippen molar-refractivity contribution in [3.05, 3.63) is 0 Å². The van der Waals surface area contributed by atoms with Crippen molar-refractivity contribution >= 4 is 6.16 Å². The van der Waals surface area contributed by atoms with Crippen LogP contribution in [0.25, 0.3) is 0 Å². The average molecular weight is 233 g/mol. The first-order valence-electron chi connectivity index (χ1n) is 5.39. The summed E-state index contributed by atoms with van der Waals surface area (Å²) in [6.45, 7) is 5.70. The van der Waals surface area contributed by atoms with Crippen LogP contribution in [0, 0.1) is 0 Å². The quantitative estimate of drug-likeness (QED) is 0.581. The summed E-state index contributed by atoms with van der Waals surface area (Å²) < 4.78 is 10.1. The van der Waals surface area contributed by atoms with Gasteiger partial charge in [0.15, 0.2) is 6.23 Å². The SMILES string of the molecule is CC(C)(C)OC(=O)ON(O)C1CCCCO1. The number of rotatable bonds is 2. The third-order valence-electron chi connectivity index (χ3n) is 1.96. The van der Waals surface area contributed by atoms with E-state index in [0.717, 1.165) is 12.8 Å². The minimum Gasteiger partial charge on any atom is -0.427 e. The van der Waals surface area contributed by atoms with Gasteiger partial charge in [0.2, 0.25) is 0 Å². The van der Waals surface area contributed by atoms with Crippen molar-refractivity contribution < 1.29 is 24.3 Å². The topological polar surface area (TPSA) is 68.2 Å². The van der Waals surface area contributed by atoms with Gasteiger partial charge in [-0.3, -0.25) is 5.21 Å². The van der Waals surface area contributed by atoms with Gasteiger partial charge in [-0.15, -0.1) is 0 Å². The number of hydrogen-bond acceptors (Lipinski definition) is 6. The van der Waals surface area contributed by atoms with Crippen molar-refractivity contribution in [2.75, 3.05) is 6.61 Å². The Labute approximate surface area is 95.0 Å². The molecule has 0 aromatic rings. The van der Waals surface area contributed by atoms with E-state index in [1.54, 1.807) is 20.8 Å². The van der Waals surface area contributed by atoms with Crippen LogP contribution >= 0.6 is 0 Å². The Balaban J connectivity index is 2.32. The van der Waals surface area contributed by atoms with Gasteiger partial charge in [-0.05, 0) is 40.0 Å². The molecule has 0 bridgehead atoms. The Morgan fingerprint density at radius 2 is 2.12 bits per heavy atom. The molecule has 1 heterocycles. The molecule has 0 aromatic heterocycles. The van der Waals surface area contributed by atoms with Crippen LogP contribution in [0.15, 0.2) is 0 Å². The summed E-state index contributed by atoms with van der Waals surface area (Å²) in [4.78, 5) is 15.8. The average Bonchev–Trinajstić information content (AvgIpc) is 2.16. The summed E-state index contributed by atoms with van der Waals surface area (Å²) in [6, 6.07) is 0. The van der Waals surface area contributed by atoms with Crippen LogP contribution < -0.4 is 0 Å². The summed E-state index contributed by atoms with van der Waals surface area (Å²) in [5.74, 6) is 0. The third-order valence-corrected chi connectivity index (χ3v) is 1.96. The lowest BCUT2D eigenvalue weighted by Crippen LogP contribution is -2.40. The zero-order chi connectivity index (χ0) is 12.2. The molecule has 16 heavy (non-hydrogen) atoms. The van der Waals surface area contributed by atoms with E-state index in [9.17, 15) is 10.0 Å². The lowest BCUT2D eigenvalue weighted by Gasteiger charge is -2.28. The van der Waals surface area contributed by atoms with Crippen LogP contribution in [0.2, 0.25) is 0 Å². The lowest BCUT2D eigenvalue weighted by molar-refractivity contribution is -0.384. The second kappa shape index (κ2) is 5.47. The smallest absolute Gasteiger partial charge is 0.427 e. The monoisotopic (exact) mass is 233 g/mol. The second-order valence-electron chi connectivity index (χ2n) is 4.68. The molecule has 6 heteroatoms. The van der Waals surface area contributed by atoms with Gasteiger partial charge in [-0.1, -0.05) is 0 Å². The molecular formula is C10H19NO5. The Bertz CT molecular complexity index is 232. The van der Waals surface area contributed by atoms with Crippen LogP contribution in [0.5, 0.6) is 0 Å². The minimum absolute atomic E-state index is 0.424. The van der Waals surface area contributed by atoms with Crippen LogP contribution in [0.4, 0.5) is 4.79 Å². The predicted molar refractivity (Wildman–Crippen MR) is 54.5 cm³/mol. The van der Waals surface area contributed by atoms with E-state index in [2.05, 4.69) is 4.84 Å². The first-order valence-corrected chi connectivity index (χ1v) is 5.39. The Hall–Kier alpha value is -0.850. The Morgan fingerprint density at radius 3 is 2.62 bits per heavy atom. The molecule has 0 spiro atoms. The van der Waals surface area contributed by atoms with E-state index in [1.807, 2.05) is 0 Å². The van der Waals surface area contributed by atoms with Gasteiger partial charge in [0.1, 0.15) is 5.60 Å². The largest absolute Gasteiger partial charge is 0.530 e. The van der Waals surface area contributed by atoms with Crippen molar-refractivity contribution in [2.45, 2.75) is 51.9 Å². The van der Waals surface area contributed by atoms with E-state index in [-0.39, 0.29) is 0 Å². The first kappa shape index (κ1) is 13.2.